The second-order valence-electron chi connectivity index (χ2n) is 3.60. The third-order valence-corrected chi connectivity index (χ3v) is 2.29. The summed E-state index contributed by atoms with van der Waals surface area (Å²) in [6, 6.07) is 2.23. The number of ether oxygens (including phenoxy) is 1. The van der Waals surface area contributed by atoms with Crippen LogP contribution >= 0.6 is 0 Å². The maximum atomic E-state index is 12.6. The number of alkyl halides is 3. The maximum Gasteiger partial charge on any atom is 0.417 e. The lowest BCUT2D eigenvalue weighted by atomic mass is 10.3. The minimum atomic E-state index is -4.39. The van der Waals surface area contributed by atoms with Gasteiger partial charge in [-0.25, -0.2) is 0 Å². The highest BCUT2D eigenvalue weighted by Crippen LogP contribution is 2.29. The van der Waals surface area contributed by atoms with Gasteiger partial charge in [0.05, 0.1) is 12.2 Å². The van der Waals surface area contributed by atoms with Gasteiger partial charge in [0.15, 0.2) is 11.5 Å². The normalized spacial score (nSPS) is 12.2. The molecule has 2 N–H and O–H groups in total. The molecule has 0 saturated carbocycles. The minimum Gasteiger partial charge on any atom is -0.372 e. The lowest BCUT2D eigenvalue weighted by Gasteiger charge is -2.07. The molecule has 18 heavy (non-hydrogen) atoms. The zero-order valence-electron chi connectivity index (χ0n) is 9.31. The topological polar surface area (TPSA) is 65.4 Å². The van der Waals surface area contributed by atoms with Crippen molar-refractivity contribution in [3.8, 4) is 0 Å². The molecule has 0 saturated heterocycles. The van der Waals surface area contributed by atoms with Gasteiger partial charge >= 0.3 is 6.18 Å². The summed E-state index contributed by atoms with van der Waals surface area (Å²) in [7, 11) is 0. The summed E-state index contributed by atoms with van der Waals surface area (Å²) in [4.78, 5) is 0. The van der Waals surface area contributed by atoms with Crippen LogP contribution < -0.4 is 5.73 Å². The van der Waals surface area contributed by atoms with Crippen molar-refractivity contribution in [3.63, 3.8) is 0 Å². The van der Waals surface area contributed by atoms with E-state index in [-0.39, 0.29) is 6.61 Å². The zero-order valence-corrected chi connectivity index (χ0v) is 9.31. The van der Waals surface area contributed by atoms with Crippen molar-refractivity contribution < 1.29 is 17.9 Å². The summed E-state index contributed by atoms with van der Waals surface area (Å²) in [5.74, 6) is 0.310. The van der Waals surface area contributed by atoms with Gasteiger partial charge in [-0.2, -0.15) is 13.2 Å². The van der Waals surface area contributed by atoms with Crippen LogP contribution in [0.1, 0.15) is 11.4 Å². The van der Waals surface area contributed by atoms with E-state index in [9.17, 15) is 13.2 Å². The SMILES string of the molecule is NCCOCc1nnc2ccc(C(F)(F)F)cn12. The molecular formula is C10H11F3N4O. The Bertz CT molecular complexity index is 537. The molecule has 2 heterocycles. The van der Waals surface area contributed by atoms with Crippen LogP contribution in [-0.2, 0) is 17.5 Å². The van der Waals surface area contributed by atoms with E-state index in [0.717, 1.165) is 12.3 Å². The highest BCUT2D eigenvalue weighted by atomic mass is 19.4. The van der Waals surface area contributed by atoms with Crippen molar-refractivity contribution in [3.05, 3.63) is 29.7 Å². The molecule has 2 rings (SSSR count). The highest BCUT2D eigenvalue weighted by Gasteiger charge is 2.31. The molecule has 0 bridgehead atoms. The number of fused-ring (bicyclic) bond motifs is 1. The molecular weight excluding hydrogens is 249 g/mol. The van der Waals surface area contributed by atoms with E-state index < -0.39 is 11.7 Å². The van der Waals surface area contributed by atoms with Crippen molar-refractivity contribution in [2.24, 2.45) is 5.73 Å². The molecule has 2 aromatic heterocycles. The van der Waals surface area contributed by atoms with Crippen LogP contribution in [0, 0.1) is 0 Å². The first-order valence-electron chi connectivity index (χ1n) is 5.21. The van der Waals surface area contributed by atoms with Gasteiger partial charge in [-0.05, 0) is 12.1 Å². The maximum absolute atomic E-state index is 12.6. The van der Waals surface area contributed by atoms with Gasteiger partial charge in [-0.15, -0.1) is 10.2 Å². The number of pyridine rings is 1. The summed E-state index contributed by atoms with van der Waals surface area (Å²) in [5, 5.41) is 7.53. The van der Waals surface area contributed by atoms with Crippen LogP contribution in [-0.4, -0.2) is 27.7 Å². The lowest BCUT2D eigenvalue weighted by Crippen LogP contribution is -2.10. The molecule has 0 radical (unpaired) electrons. The smallest absolute Gasteiger partial charge is 0.372 e. The van der Waals surface area contributed by atoms with E-state index in [0.29, 0.717) is 24.6 Å². The number of aromatic nitrogens is 3. The third-order valence-electron chi connectivity index (χ3n) is 2.29. The van der Waals surface area contributed by atoms with E-state index in [1.165, 1.54) is 10.5 Å². The highest BCUT2D eigenvalue weighted by molar-refractivity contribution is 5.40. The Labute approximate surface area is 100 Å². The van der Waals surface area contributed by atoms with Crippen LogP contribution in [0.5, 0.6) is 0 Å². The Kier molecular flexibility index (Phi) is 3.48. The van der Waals surface area contributed by atoms with Gasteiger partial charge in [0.2, 0.25) is 0 Å². The number of rotatable bonds is 4. The zero-order chi connectivity index (χ0) is 13.2. The largest absolute Gasteiger partial charge is 0.417 e. The molecule has 2 aromatic rings. The number of nitrogens with two attached hydrogens (primary N) is 1. The van der Waals surface area contributed by atoms with Crippen LogP contribution in [0.25, 0.3) is 5.65 Å². The van der Waals surface area contributed by atoms with Gasteiger partial charge in [-0.3, -0.25) is 4.40 Å². The van der Waals surface area contributed by atoms with Crippen molar-refractivity contribution in [1.82, 2.24) is 14.6 Å². The Morgan fingerprint density at radius 1 is 1.28 bits per heavy atom. The van der Waals surface area contributed by atoms with E-state index in [4.69, 9.17) is 10.5 Å². The summed E-state index contributed by atoms with van der Waals surface area (Å²) in [5.41, 5.74) is 4.83. The molecule has 5 nitrogen and oxygen atoms in total. The molecule has 8 heteroatoms. The van der Waals surface area contributed by atoms with Crippen molar-refractivity contribution in [2.45, 2.75) is 12.8 Å². The monoisotopic (exact) mass is 260 g/mol. The Hall–Kier alpha value is -1.67. The predicted molar refractivity (Wildman–Crippen MR) is 56.7 cm³/mol. The summed E-state index contributed by atoms with van der Waals surface area (Å²) in [6.07, 6.45) is -3.44. The number of hydrogen-bond acceptors (Lipinski definition) is 4. The first-order valence-corrected chi connectivity index (χ1v) is 5.21. The van der Waals surface area contributed by atoms with Crippen LogP contribution in [0.15, 0.2) is 18.3 Å². The van der Waals surface area contributed by atoms with Crippen molar-refractivity contribution in [2.75, 3.05) is 13.2 Å². The van der Waals surface area contributed by atoms with Gasteiger partial charge < -0.3 is 10.5 Å². The van der Waals surface area contributed by atoms with Crippen LogP contribution in [0.4, 0.5) is 13.2 Å². The fourth-order valence-corrected chi connectivity index (χ4v) is 1.45. The Morgan fingerprint density at radius 3 is 2.72 bits per heavy atom. The molecule has 0 aliphatic carbocycles. The molecule has 98 valence electrons. The summed E-state index contributed by atoms with van der Waals surface area (Å²) >= 11 is 0. The van der Waals surface area contributed by atoms with Crippen LogP contribution in [0.3, 0.4) is 0 Å². The lowest BCUT2D eigenvalue weighted by molar-refractivity contribution is -0.137. The van der Waals surface area contributed by atoms with Gasteiger partial charge in [0.25, 0.3) is 0 Å². The fourth-order valence-electron chi connectivity index (χ4n) is 1.45. The molecule has 0 spiro atoms. The predicted octanol–water partition coefficient (Wildman–Crippen LogP) is 1.22. The number of hydrogen-bond donors (Lipinski definition) is 1. The molecule has 0 aromatic carbocycles. The minimum absolute atomic E-state index is 0.0691. The van der Waals surface area contributed by atoms with E-state index in [2.05, 4.69) is 10.2 Å². The summed E-state index contributed by atoms with van der Waals surface area (Å²) in [6.45, 7) is 0.720. The van der Waals surface area contributed by atoms with E-state index in [1.807, 2.05) is 0 Å². The first kappa shape index (κ1) is 12.8. The number of nitrogens with zero attached hydrogens (tertiary/aromatic N) is 3. The van der Waals surface area contributed by atoms with Crippen molar-refractivity contribution in [1.29, 1.82) is 0 Å². The molecule has 0 fully saturated rings. The molecule has 0 aliphatic rings. The van der Waals surface area contributed by atoms with Crippen molar-refractivity contribution >= 4 is 5.65 Å². The van der Waals surface area contributed by atoms with Crippen LogP contribution in [0.2, 0.25) is 0 Å². The van der Waals surface area contributed by atoms with Gasteiger partial charge in [0, 0.05) is 12.7 Å². The first-order chi connectivity index (χ1) is 8.52. The van der Waals surface area contributed by atoms with E-state index >= 15 is 0 Å². The standard InChI is InChI=1S/C10H11F3N4O/c11-10(12,13)7-1-2-8-15-16-9(17(8)5-7)6-18-4-3-14/h1-2,5H,3-4,6,14H2. The molecule has 0 amide bonds. The second kappa shape index (κ2) is 4.91. The van der Waals surface area contributed by atoms with Gasteiger partial charge in [-0.1, -0.05) is 0 Å². The Morgan fingerprint density at radius 2 is 2.06 bits per heavy atom. The quantitative estimate of drug-likeness (QED) is 0.839. The third kappa shape index (κ3) is 2.59. The average molecular weight is 260 g/mol. The average Bonchev–Trinajstić information content (AvgIpc) is 2.71. The second-order valence-corrected chi connectivity index (χ2v) is 3.60. The fraction of sp³-hybridized carbons (Fsp3) is 0.400. The van der Waals surface area contributed by atoms with E-state index in [1.54, 1.807) is 0 Å². The number of halogens is 3. The molecule has 0 aliphatic heterocycles. The summed E-state index contributed by atoms with van der Waals surface area (Å²) < 4.78 is 44.1. The molecule has 0 unspecified atom stereocenters. The Balaban J connectivity index is 2.31. The van der Waals surface area contributed by atoms with Gasteiger partial charge in [0.1, 0.15) is 6.61 Å². The molecule has 0 atom stereocenters.